The van der Waals surface area contributed by atoms with E-state index in [4.69, 9.17) is 5.84 Å². The van der Waals surface area contributed by atoms with Crippen molar-refractivity contribution in [3.8, 4) is 0 Å². The summed E-state index contributed by atoms with van der Waals surface area (Å²) in [5, 5.41) is 0. The van der Waals surface area contributed by atoms with E-state index < -0.39 is 0 Å². The molecule has 0 fully saturated rings. The van der Waals surface area contributed by atoms with E-state index >= 15 is 0 Å². The quantitative estimate of drug-likeness (QED) is 0.620. The van der Waals surface area contributed by atoms with Gasteiger partial charge in [0.05, 0.1) is 5.56 Å². The van der Waals surface area contributed by atoms with Crippen molar-refractivity contribution in [2.75, 3.05) is 39.7 Å². The Morgan fingerprint density at radius 1 is 1.44 bits per heavy atom. The monoisotopic (exact) mass is 315 g/mol. The Bertz CT molecular complexity index is 424. The van der Waals surface area contributed by atoms with E-state index in [1.165, 1.54) is 0 Å². The van der Waals surface area contributed by atoms with Crippen molar-refractivity contribution in [3.05, 3.63) is 22.3 Å². The molecule has 1 rings (SSSR count). The molecule has 3 N–H and O–H groups in total. The van der Waals surface area contributed by atoms with Crippen LogP contribution in [0.4, 0.5) is 5.82 Å². The van der Waals surface area contributed by atoms with Gasteiger partial charge in [-0.2, -0.15) is 0 Å². The topological polar surface area (TPSA) is 74.5 Å². The van der Waals surface area contributed by atoms with Crippen LogP contribution in [0.3, 0.4) is 0 Å². The number of halogens is 1. The van der Waals surface area contributed by atoms with Crippen molar-refractivity contribution in [1.82, 2.24) is 14.8 Å². The van der Waals surface area contributed by atoms with E-state index in [9.17, 15) is 4.79 Å². The van der Waals surface area contributed by atoms with Crippen LogP contribution in [0.5, 0.6) is 0 Å². The summed E-state index contributed by atoms with van der Waals surface area (Å²) >= 11 is 3.30. The molecule has 0 spiro atoms. The minimum atomic E-state index is -0.112. The Morgan fingerprint density at radius 2 is 2.11 bits per heavy atom. The van der Waals surface area contributed by atoms with Gasteiger partial charge in [-0.25, -0.2) is 10.8 Å². The molecule has 0 aliphatic heterocycles. The minimum Gasteiger partial charge on any atom is -0.340 e. The SMILES string of the molecule is CN(C)CCN(C)C(=O)c1cc(Br)cnc1NN. The summed E-state index contributed by atoms with van der Waals surface area (Å²) in [5.41, 5.74) is 2.89. The molecule has 6 nitrogen and oxygen atoms in total. The lowest BCUT2D eigenvalue weighted by Crippen LogP contribution is -2.34. The second kappa shape index (κ2) is 6.67. The number of aromatic nitrogens is 1. The van der Waals surface area contributed by atoms with Crippen molar-refractivity contribution in [1.29, 1.82) is 0 Å². The summed E-state index contributed by atoms with van der Waals surface area (Å²) in [7, 11) is 5.69. The lowest BCUT2D eigenvalue weighted by molar-refractivity contribution is 0.0787. The number of amides is 1. The summed E-state index contributed by atoms with van der Waals surface area (Å²) in [6.07, 6.45) is 1.59. The summed E-state index contributed by atoms with van der Waals surface area (Å²) in [5.74, 6) is 5.62. The number of carbonyl (C=O) groups is 1. The molecule has 0 bridgehead atoms. The fourth-order valence-corrected chi connectivity index (χ4v) is 1.71. The number of anilines is 1. The smallest absolute Gasteiger partial charge is 0.257 e. The Labute approximate surface area is 115 Å². The zero-order valence-electron chi connectivity index (χ0n) is 10.8. The maximum Gasteiger partial charge on any atom is 0.257 e. The third kappa shape index (κ3) is 3.94. The highest BCUT2D eigenvalue weighted by atomic mass is 79.9. The predicted molar refractivity (Wildman–Crippen MR) is 75.3 cm³/mol. The molecule has 0 radical (unpaired) electrons. The Hall–Kier alpha value is -1.18. The number of nitrogens with zero attached hydrogens (tertiary/aromatic N) is 3. The van der Waals surface area contributed by atoms with Gasteiger partial charge in [0.25, 0.3) is 5.91 Å². The molecule has 0 saturated heterocycles. The third-order valence-electron chi connectivity index (χ3n) is 2.45. The number of rotatable bonds is 5. The van der Waals surface area contributed by atoms with Gasteiger partial charge in [-0.3, -0.25) is 4.79 Å². The molecule has 0 aliphatic carbocycles. The molecule has 0 aliphatic rings. The van der Waals surface area contributed by atoms with E-state index in [1.54, 1.807) is 24.2 Å². The first-order chi connectivity index (χ1) is 8.45. The fourth-order valence-electron chi connectivity index (χ4n) is 1.37. The maximum atomic E-state index is 12.2. The zero-order chi connectivity index (χ0) is 13.7. The van der Waals surface area contributed by atoms with Gasteiger partial charge in [0.2, 0.25) is 0 Å². The molecule has 7 heteroatoms. The van der Waals surface area contributed by atoms with E-state index in [1.807, 2.05) is 19.0 Å². The number of hydrogen-bond donors (Lipinski definition) is 2. The zero-order valence-corrected chi connectivity index (χ0v) is 12.4. The second-order valence-electron chi connectivity index (χ2n) is 4.22. The molecule has 0 saturated carbocycles. The van der Waals surface area contributed by atoms with Crippen LogP contribution in [0.2, 0.25) is 0 Å². The lowest BCUT2D eigenvalue weighted by atomic mass is 10.2. The Balaban J connectivity index is 2.85. The molecule has 1 aromatic rings. The number of nitrogens with two attached hydrogens (primary N) is 1. The van der Waals surface area contributed by atoms with Gasteiger partial charge in [0, 0.05) is 30.8 Å². The minimum absolute atomic E-state index is 0.112. The summed E-state index contributed by atoms with van der Waals surface area (Å²) in [6, 6.07) is 1.71. The van der Waals surface area contributed by atoms with Crippen molar-refractivity contribution in [2.24, 2.45) is 5.84 Å². The van der Waals surface area contributed by atoms with E-state index in [-0.39, 0.29) is 5.91 Å². The normalized spacial score (nSPS) is 10.6. The van der Waals surface area contributed by atoms with Crippen molar-refractivity contribution >= 4 is 27.7 Å². The van der Waals surface area contributed by atoms with Gasteiger partial charge >= 0.3 is 0 Å². The average molecular weight is 316 g/mol. The first kappa shape index (κ1) is 14.9. The Morgan fingerprint density at radius 3 is 2.67 bits per heavy atom. The molecule has 18 heavy (non-hydrogen) atoms. The number of carbonyl (C=O) groups excluding carboxylic acids is 1. The van der Waals surface area contributed by atoms with Crippen LogP contribution in [0, 0.1) is 0 Å². The third-order valence-corrected chi connectivity index (χ3v) is 2.88. The van der Waals surface area contributed by atoms with Crippen LogP contribution in [-0.2, 0) is 0 Å². The first-order valence-corrected chi connectivity index (χ1v) is 6.27. The maximum absolute atomic E-state index is 12.2. The van der Waals surface area contributed by atoms with Gasteiger partial charge in [-0.15, -0.1) is 0 Å². The van der Waals surface area contributed by atoms with Crippen LogP contribution in [-0.4, -0.2) is 54.9 Å². The van der Waals surface area contributed by atoms with E-state index in [2.05, 4.69) is 26.3 Å². The van der Waals surface area contributed by atoms with Crippen LogP contribution in [0.25, 0.3) is 0 Å². The fraction of sp³-hybridized carbons (Fsp3) is 0.455. The molecule has 0 aromatic carbocycles. The largest absolute Gasteiger partial charge is 0.340 e. The average Bonchev–Trinajstić information content (AvgIpc) is 2.34. The van der Waals surface area contributed by atoms with Gasteiger partial charge in [-0.1, -0.05) is 0 Å². The van der Waals surface area contributed by atoms with Crippen LogP contribution >= 0.6 is 15.9 Å². The van der Waals surface area contributed by atoms with Gasteiger partial charge in [0.15, 0.2) is 5.82 Å². The lowest BCUT2D eigenvalue weighted by Gasteiger charge is -2.20. The molecule has 0 unspecified atom stereocenters. The van der Waals surface area contributed by atoms with Crippen LogP contribution in [0.1, 0.15) is 10.4 Å². The molecular formula is C11H18BrN5O. The molecule has 0 atom stereocenters. The summed E-state index contributed by atoms with van der Waals surface area (Å²) in [4.78, 5) is 20.0. The number of nitrogens with one attached hydrogen (secondary N) is 1. The number of pyridine rings is 1. The highest BCUT2D eigenvalue weighted by molar-refractivity contribution is 9.10. The Kier molecular flexibility index (Phi) is 5.52. The molecule has 1 amide bonds. The highest BCUT2D eigenvalue weighted by Gasteiger charge is 2.17. The van der Waals surface area contributed by atoms with E-state index in [0.717, 1.165) is 11.0 Å². The molecular weight excluding hydrogens is 298 g/mol. The molecule has 1 aromatic heterocycles. The number of hydrogen-bond acceptors (Lipinski definition) is 5. The van der Waals surface area contributed by atoms with E-state index in [0.29, 0.717) is 17.9 Å². The van der Waals surface area contributed by atoms with Gasteiger partial charge < -0.3 is 15.2 Å². The van der Waals surface area contributed by atoms with Crippen LogP contribution < -0.4 is 11.3 Å². The number of hydrazine groups is 1. The molecule has 1 heterocycles. The highest BCUT2D eigenvalue weighted by Crippen LogP contribution is 2.18. The standard InChI is InChI=1S/C11H18BrN5O/c1-16(2)4-5-17(3)11(18)9-6-8(12)7-14-10(9)15-13/h6-7H,4-5,13H2,1-3H3,(H,14,15). The van der Waals surface area contributed by atoms with Crippen molar-refractivity contribution < 1.29 is 4.79 Å². The summed E-state index contributed by atoms with van der Waals surface area (Å²) in [6.45, 7) is 1.44. The van der Waals surface area contributed by atoms with Gasteiger partial charge in [-0.05, 0) is 36.1 Å². The summed E-state index contributed by atoms with van der Waals surface area (Å²) < 4.78 is 0.742. The predicted octanol–water partition coefficient (Wildman–Crippen LogP) is 0.763. The van der Waals surface area contributed by atoms with Crippen LogP contribution in [0.15, 0.2) is 16.7 Å². The second-order valence-corrected chi connectivity index (χ2v) is 5.14. The van der Waals surface area contributed by atoms with Crippen molar-refractivity contribution in [2.45, 2.75) is 0 Å². The van der Waals surface area contributed by atoms with Gasteiger partial charge in [0.1, 0.15) is 0 Å². The number of nitrogen functional groups attached to an aromatic ring is 1. The van der Waals surface area contributed by atoms with Crippen molar-refractivity contribution in [3.63, 3.8) is 0 Å². The first-order valence-electron chi connectivity index (χ1n) is 5.48. The molecule has 100 valence electrons. The number of likely N-dealkylation sites (N-methyl/N-ethyl adjacent to an activating group) is 2.